The molecule has 0 bridgehead atoms. The molecule has 0 radical (unpaired) electrons. The van der Waals surface area contributed by atoms with Crippen LogP contribution in [0.4, 0.5) is 0 Å². The van der Waals surface area contributed by atoms with Gasteiger partial charge in [0, 0.05) is 5.70 Å². The summed E-state index contributed by atoms with van der Waals surface area (Å²) in [5.74, 6) is 0. The number of allylic oxidation sites excluding steroid dienone is 4. The SMILES string of the molecule is C=C/C=C/SC=N/C(C)=C/C. The van der Waals surface area contributed by atoms with Crippen LogP contribution >= 0.6 is 11.8 Å². The van der Waals surface area contributed by atoms with Gasteiger partial charge >= 0.3 is 0 Å². The average molecular weight is 167 g/mol. The number of hydrogen-bond donors (Lipinski definition) is 0. The van der Waals surface area contributed by atoms with Crippen LogP contribution in [0.25, 0.3) is 0 Å². The van der Waals surface area contributed by atoms with Gasteiger partial charge in [-0.05, 0) is 19.3 Å². The van der Waals surface area contributed by atoms with Crippen LogP contribution in [0.3, 0.4) is 0 Å². The first-order valence-electron chi connectivity index (χ1n) is 3.39. The van der Waals surface area contributed by atoms with Gasteiger partial charge in [0.1, 0.15) is 0 Å². The first-order valence-corrected chi connectivity index (χ1v) is 4.34. The van der Waals surface area contributed by atoms with Crippen LogP contribution in [0.15, 0.2) is 40.9 Å². The second kappa shape index (κ2) is 7.35. The smallest absolute Gasteiger partial charge is 0.0641 e. The summed E-state index contributed by atoms with van der Waals surface area (Å²) in [7, 11) is 0. The number of thioether (sulfide) groups is 1. The average Bonchev–Trinajstić information content (AvgIpc) is 2.04. The third-order valence-corrected chi connectivity index (χ3v) is 1.57. The second-order valence-corrected chi connectivity index (χ2v) is 2.62. The lowest BCUT2D eigenvalue weighted by Gasteiger charge is -1.85. The maximum atomic E-state index is 4.13. The van der Waals surface area contributed by atoms with Crippen LogP contribution in [0, 0.1) is 0 Å². The molecule has 0 saturated heterocycles. The van der Waals surface area contributed by atoms with Crippen LogP contribution in [0.1, 0.15) is 13.8 Å². The van der Waals surface area contributed by atoms with E-state index >= 15 is 0 Å². The maximum Gasteiger partial charge on any atom is 0.0641 e. The summed E-state index contributed by atoms with van der Waals surface area (Å²) < 4.78 is 0. The number of rotatable bonds is 4. The Morgan fingerprint density at radius 1 is 1.55 bits per heavy atom. The normalized spacial score (nSPS) is 13.1. The second-order valence-electron chi connectivity index (χ2n) is 1.86. The van der Waals surface area contributed by atoms with Crippen molar-refractivity contribution in [2.75, 3.05) is 0 Å². The van der Waals surface area contributed by atoms with Crippen molar-refractivity contribution in [3.05, 3.63) is 35.9 Å². The van der Waals surface area contributed by atoms with E-state index in [0.29, 0.717) is 0 Å². The Morgan fingerprint density at radius 2 is 2.27 bits per heavy atom. The summed E-state index contributed by atoms with van der Waals surface area (Å²) in [6.45, 7) is 7.49. The molecule has 0 aromatic heterocycles. The van der Waals surface area contributed by atoms with Crippen molar-refractivity contribution in [1.29, 1.82) is 0 Å². The molecular formula is C9H13NS. The first-order chi connectivity index (χ1) is 5.31. The molecule has 0 spiro atoms. The Kier molecular flexibility index (Phi) is 6.84. The molecule has 0 aliphatic carbocycles. The van der Waals surface area contributed by atoms with Crippen LogP contribution in [0.5, 0.6) is 0 Å². The lowest BCUT2D eigenvalue weighted by Crippen LogP contribution is -1.65. The van der Waals surface area contributed by atoms with Gasteiger partial charge in [-0.2, -0.15) is 0 Å². The van der Waals surface area contributed by atoms with E-state index in [0.717, 1.165) is 5.70 Å². The Labute approximate surface area is 72.6 Å². The fourth-order valence-electron chi connectivity index (χ4n) is 0.324. The van der Waals surface area contributed by atoms with E-state index in [1.807, 2.05) is 31.4 Å². The molecule has 11 heavy (non-hydrogen) atoms. The van der Waals surface area contributed by atoms with Crippen LogP contribution in [-0.4, -0.2) is 5.55 Å². The fourth-order valence-corrected chi connectivity index (χ4v) is 0.823. The van der Waals surface area contributed by atoms with Crippen molar-refractivity contribution in [3.63, 3.8) is 0 Å². The van der Waals surface area contributed by atoms with Gasteiger partial charge in [0.05, 0.1) is 5.55 Å². The lowest BCUT2D eigenvalue weighted by molar-refractivity contribution is 1.30. The van der Waals surface area contributed by atoms with E-state index < -0.39 is 0 Å². The van der Waals surface area contributed by atoms with E-state index in [9.17, 15) is 0 Å². The Bertz CT molecular complexity index is 190. The highest BCUT2D eigenvalue weighted by Crippen LogP contribution is 2.00. The third-order valence-electron chi connectivity index (χ3n) is 1.03. The van der Waals surface area contributed by atoms with Gasteiger partial charge < -0.3 is 0 Å². The molecule has 0 N–H and O–H groups in total. The van der Waals surface area contributed by atoms with Crippen molar-refractivity contribution in [1.82, 2.24) is 0 Å². The zero-order valence-electron chi connectivity index (χ0n) is 6.95. The minimum Gasteiger partial charge on any atom is -0.255 e. The zero-order chi connectivity index (χ0) is 8.53. The zero-order valence-corrected chi connectivity index (χ0v) is 7.77. The first kappa shape index (κ1) is 10.2. The van der Waals surface area contributed by atoms with Gasteiger partial charge in [0.25, 0.3) is 0 Å². The summed E-state index contributed by atoms with van der Waals surface area (Å²) >= 11 is 1.54. The quantitative estimate of drug-likeness (QED) is 0.355. The molecule has 0 atom stereocenters. The molecule has 0 aliphatic rings. The molecule has 1 nitrogen and oxygen atoms in total. The molecule has 0 aliphatic heterocycles. The van der Waals surface area contributed by atoms with Crippen LogP contribution in [0.2, 0.25) is 0 Å². The molecule has 0 aromatic carbocycles. The van der Waals surface area contributed by atoms with E-state index in [1.54, 1.807) is 11.6 Å². The van der Waals surface area contributed by atoms with Crippen molar-refractivity contribution >= 4 is 17.3 Å². The van der Waals surface area contributed by atoms with Crippen LogP contribution in [-0.2, 0) is 0 Å². The molecule has 0 heterocycles. The Hall–Kier alpha value is -0.760. The van der Waals surface area contributed by atoms with Gasteiger partial charge in [-0.1, -0.05) is 36.6 Å². The molecule has 0 aromatic rings. The van der Waals surface area contributed by atoms with Gasteiger partial charge in [-0.25, -0.2) is 0 Å². The molecule has 60 valence electrons. The highest BCUT2D eigenvalue weighted by Gasteiger charge is 1.75. The molecule has 0 fully saturated rings. The van der Waals surface area contributed by atoms with Gasteiger partial charge in [-0.3, -0.25) is 4.99 Å². The van der Waals surface area contributed by atoms with Crippen molar-refractivity contribution in [3.8, 4) is 0 Å². The monoisotopic (exact) mass is 167 g/mol. The van der Waals surface area contributed by atoms with Gasteiger partial charge in [0.15, 0.2) is 0 Å². The summed E-state index contributed by atoms with van der Waals surface area (Å²) in [5, 5.41) is 1.93. The van der Waals surface area contributed by atoms with Gasteiger partial charge in [-0.15, -0.1) is 0 Å². The standard InChI is InChI=1S/C9H13NS/c1-4-6-7-11-8-10-9(3)5-2/h4-8H,1H2,2-3H3/b7-6+,9-5+,10-8?. The van der Waals surface area contributed by atoms with Crippen LogP contribution < -0.4 is 0 Å². The van der Waals surface area contributed by atoms with E-state index in [2.05, 4.69) is 11.6 Å². The fraction of sp³-hybridized carbons (Fsp3) is 0.222. The number of nitrogens with zero attached hydrogens (tertiary/aromatic N) is 1. The topological polar surface area (TPSA) is 12.4 Å². The third kappa shape index (κ3) is 7.13. The maximum absolute atomic E-state index is 4.13. The molecule has 0 unspecified atom stereocenters. The van der Waals surface area contributed by atoms with E-state index in [-0.39, 0.29) is 0 Å². The summed E-state index contributed by atoms with van der Waals surface area (Å²) in [6, 6.07) is 0. The van der Waals surface area contributed by atoms with Crippen molar-refractivity contribution < 1.29 is 0 Å². The minimum atomic E-state index is 1.03. The van der Waals surface area contributed by atoms with Crippen molar-refractivity contribution in [2.45, 2.75) is 13.8 Å². The number of hydrogen-bond acceptors (Lipinski definition) is 2. The Balaban J connectivity index is 3.61. The molecule has 2 heteroatoms. The molecule has 0 amide bonds. The molecule has 0 saturated carbocycles. The Morgan fingerprint density at radius 3 is 2.82 bits per heavy atom. The molecule has 0 rings (SSSR count). The van der Waals surface area contributed by atoms with E-state index in [4.69, 9.17) is 0 Å². The minimum absolute atomic E-state index is 1.03. The summed E-state index contributed by atoms with van der Waals surface area (Å²) in [5.41, 5.74) is 2.83. The van der Waals surface area contributed by atoms with Gasteiger partial charge in [0.2, 0.25) is 0 Å². The highest BCUT2D eigenvalue weighted by atomic mass is 32.2. The van der Waals surface area contributed by atoms with Crippen molar-refractivity contribution in [2.24, 2.45) is 4.99 Å². The predicted molar refractivity (Wildman–Crippen MR) is 54.9 cm³/mol. The molecular weight excluding hydrogens is 154 g/mol. The highest BCUT2D eigenvalue weighted by molar-refractivity contribution is 8.14. The van der Waals surface area contributed by atoms with E-state index in [1.165, 1.54) is 11.8 Å². The predicted octanol–water partition coefficient (Wildman–Crippen LogP) is 3.37. The number of aliphatic imine (C=N–C) groups is 1. The summed E-state index contributed by atoms with van der Waals surface area (Å²) in [6.07, 6.45) is 5.58. The lowest BCUT2D eigenvalue weighted by atomic mass is 10.5. The largest absolute Gasteiger partial charge is 0.255 e. The summed E-state index contributed by atoms with van der Waals surface area (Å²) in [4.78, 5) is 4.13.